The van der Waals surface area contributed by atoms with Crippen LogP contribution in [0.2, 0.25) is 0 Å². The minimum atomic E-state index is 0.108. The summed E-state index contributed by atoms with van der Waals surface area (Å²) in [6.07, 6.45) is 22.6. The molecule has 0 aromatic rings. The molecule has 0 aromatic carbocycles. The highest BCUT2D eigenvalue weighted by Crippen LogP contribution is 2.15. The lowest BCUT2D eigenvalue weighted by Gasteiger charge is -2.08. The van der Waals surface area contributed by atoms with Gasteiger partial charge < -0.3 is 9.47 Å². The zero-order valence-electron chi connectivity index (χ0n) is 14.7. The molecule has 0 saturated carbocycles. The molecule has 0 aliphatic carbocycles. The van der Waals surface area contributed by atoms with Crippen molar-refractivity contribution >= 4 is 0 Å². The van der Waals surface area contributed by atoms with Crippen LogP contribution in [0.5, 0.6) is 0 Å². The molecular weight excluding hydrogens is 272 g/mol. The van der Waals surface area contributed by atoms with Crippen LogP contribution in [-0.2, 0) is 9.47 Å². The lowest BCUT2D eigenvalue weighted by molar-refractivity contribution is -0.0480. The summed E-state index contributed by atoms with van der Waals surface area (Å²) < 4.78 is 10.9. The van der Waals surface area contributed by atoms with E-state index in [0.717, 1.165) is 19.6 Å². The second-order valence-corrected chi connectivity index (χ2v) is 6.63. The molecule has 1 heterocycles. The molecule has 1 aliphatic heterocycles. The molecule has 2 nitrogen and oxygen atoms in total. The van der Waals surface area contributed by atoms with E-state index in [1.54, 1.807) is 0 Å². The topological polar surface area (TPSA) is 18.5 Å². The maximum atomic E-state index is 5.45. The van der Waals surface area contributed by atoms with Crippen LogP contribution in [0.25, 0.3) is 0 Å². The third kappa shape index (κ3) is 12.2. The van der Waals surface area contributed by atoms with Gasteiger partial charge in [0.15, 0.2) is 6.29 Å². The van der Waals surface area contributed by atoms with Crippen LogP contribution in [0.3, 0.4) is 0 Å². The standard InChI is InChI=1S/C20H38O2/c1-2-3-4-5-6-7-8-9-10-11-12-13-14-15-16-17-20-21-18-19-22-20/h2,20H,1,3-19H2. The Morgan fingerprint density at radius 3 is 1.50 bits per heavy atom. The van der Waals surface area contributed by atoms with Crippen LogP contribution in [0.15, 0.2) is 12.7 Å². The Kier molecular flexibility index (Phi) is 13.9. The lowest BCUT2D eigenvalue weighted by Crippen LogP contribution is -2.06. The van der Waals surface area contributed by atoms with E-state index in [1.807, 2.05) is 6.08 Å². The number of ether oxygens (including phenoxy) is 2. The Hall–Kier alpha value is -0.340. The Morgan fingerprint density at radius 1 is 0.636 bits per heavy atom. The van der Waals surface area contributed by atoms with Crippen LogP contribution in [-0.4, -0.2) is 19.5 Å². The SMILES string of the molecule is C=CCCCCCCCCCCCCCCCC1OCCO1. The van der Waals surface area contributed by atoms with Crippen molar-refractivity contribution < 1.29 is 9.47 Å². The normalized spacial score (nSPS) is 15.5. The van der Waals surface area contributed by atoms with Gasteiger partial charge in [-0.05, 0) is 25.7 Å². The van der Waals surface area contributed by atoms with Crippen molar-refractivity contribution in [3.63, 3.8) is 0 Å². The van der Waals surface area contributed by atoms with E-state index in [1.165, 1.54) is 89.9 Å². The summed E-state index contributed by atoms with van der Waals surface area (Å²) in [6, 6.07) is 0. The summed E-state index contributed by atoms with van der Waals surface area (Å²) in [5.41, 5.74) is 0. The van der Waals surface area contributed by atoms with Crippen LogP contribution in [0.1, 0.15) is 96.3 Å². The Morgan fingerprint density at radius 2 is 1.05 bits per heavy atom. The van der Waals surface area contributed by atoms with E-state index in [2.05, 4.69) is 6.58 Å². The zero-order chi connectivity index (χ0) is 15.7. The monoisotopic (exact) mass is 310 g/mol. The van der Waals surface area contributed by atoms with Crippen molar-refractivity contribution in [2.24, 2.45) is 0 Å². The van der Waals surface area contributed by atoms with Gasteiger partial charge in [0.2, 0.25) is 0 Å². The second-order valence-electron chi connectivity index (χ2n) is 6.63. The molecule has 0 bridgehead atoms. The summed E-state index contributed by atoms with van der Waals surface area (Å²) >= 11 is 0. The minimum Gasteiger partial charge on any atom is -0.350 e. The van der Waals surface area contributed by atoms with E-state index in [-0.39, 0.29) is 6.29 Å². The van der Waals surface area contributed by atoms with Gasteiger partial charge in [0.05, 0.1) is 13.2 Å². The highest BCUT2D eigenvalue weighted by atomic mass is 16.7. The molecule has 0 aromatic heterocycles. The first-order chi connectivity index (χ1) is 10.9. The summed E-state index contributed by atoms with van der Waals surface area (Å²) in [7, 11) is 0. The van der Waals surface area contributed by atoms with Crippen molar-refractivity contribution in [3.05, 3.63) is 12.7 Å². The Balaban J connectivity index is 1.65. The van der Waals surface area contributed by atoms with Crippen molar-refractivity contribution in [2.75, 3.05) is 13.2 Å². The van der Waals surface area contributed by atoms with E-state index in [9.17, 15) is 0 Å². The van der Waals surface area contributed by atoms with Gasteiger partial charge in [0.1, 0.15) is 0 Å². The Labute approximate surface area is 138 Å². The number of rotatable bonds is 16. The number of allylic oxidation sites excluding steroid dienone is 1. The quantitative estimate of drug-likeness (QED) is 0.243. The molecule has 0 radical (unpaired) electrons. The van der Waals surface area contributed by atoms with E-state index in [4.69, 9.17) is 9.47 Å². The fourth-order valence-electron chi connectivity index (χ4n) is 3.12. The average molecular weight is 311 g/mol. The molecule has 1 aliphatic rings. The first-order valence-corrected chi connectivity index (χ1v) is 9.77. The molecule has 0 atom stereocenters. The summed E-state index contributed by atoms with van der Waals surface area (Å²) in [5.74, 6) is 0. The minimum absolute atomic E-state index is 0.108. The maximum absolute atomic E-state index is 5.45. The number of hydrogen-bond acceptors (Lipinski definition) is 2. The van der Waals surface area contributed by atoms with Gasteiger partial charge in [-0.25, -0.2) is 0 Å². The average Bonchev–Trinajstić information content (AvgIpc) is 3.04. The zero-order valence-corrected chi connectivity index (χ0v) is 14.7. The van der Waals surface area contributed by atoms with Crippen molar-refractivity contribution in [1.29, 1.82) is 0 Å². The van der Waals surface area contributed by atoms with E-state index >= 15 is 0 Å². The molecule has 22 heavy (non-hydrogen) atoms. The summed E-state index contributed by atoms with van der Waals surface area (Å²) in [5, 5.41) is 0. The summed E-state index contributed by atoms with van der Waals surface area (Å²) in [4.78, 5) is 0. The number of hydrogen-bond donors (Lipinski definition) is 0. The van der Waals surface area contributed by atoms with Gasteiger partial charge in [-0.3, -0.25) is 0 Å². The molecule has 2 heteroatoms. The van der Waals surface area contributed by atoms with Crippen LogP contribution in [0.4, 0.5) is 0 Å². The highest BCUT2D eigenvalue weighted by molar-refractivity contribution is 4.65. The van der Waals surface area contributed by atoms with Crippen molar-refractivity contribution in [3.8, 4) is 0 Å². The smallest absolute Gasteiger partial charge is 0.157 e. The van der Waals surface area contributed by atoms with Gasteiger partial charge in [0, 0.05) is 0 Å². The predicted octanol–water partition coefficient (Wildman–Crippen LogP) is 6.40. The fourth-order valence-corrected chi connectivity index (χ4v) is 3.12. The molecule has 1 rings (SSSR count). The molecule has 0 spiro atoms. The van der Waals surface area contributed by atoms with E-state index in [0.29, 0.717) is 0 Å². The third-order valence-electron chi connectivity index (χ3n) is 4.54. The van der Waals surface area contributed by atoms with Gasteiger partial charge in [-0.1, -0.05) is 76.7 Å². The van der Waals surface area contributed by atoms with Crippen molar-refractivity contribution in [2.45, 2.75) is 103 Å². The molecule has 0 amide bonds. The molecule has 130 valence electrons. The first kappa shape index (κ1) is 19.7. The molecule has 0 N–H and O–H groups in total. The van der Waals surface area contributed by atoms with Crippen LogP contribution < -0.4 is 0 Å². The third-order valence-corrected chi connectivity index (χ3v) is 4.54. The second kappa shape index (κ2) is 15.6. The van der Waals surface area contributed by atoms with Gasteiger partial charge >= 0.3 is 0 Å². The largest absolute Gasteiger partial charge is 0.350 e. The predicted molar refractivity (Wildman–Crippen MR) is 95.1 cm³/mol. The van der Waals surface area contributed by atoms with E-state index < -0.39 is 0 Å². The van der Waals surface area contributed by atoms with Gasteiger partial charge in [0.25, 0.3) is 0 Å². The first-order valence-electron chi connectivity index (χ1n) is 9.77. The molecule has 1 fully saturated rings. The van der Waals surface area contributed by atoms with Gasteiger partial charge in [-0.15, -0.1) is 6.58 Å². The lowest BCUT2D eigenvalue weighted by atomic mass is 10.0. The van der Waals surface area contributed by atoms with Crippen LogP contribution >= 0.6 is 0 Å². The summed E-state index contributed by atoms with van der Waals surface area (Å²) in [6.45, 7) is 5.35. The fraction of sp³-hybridized carbons (Fsp3) is 0.900. The highest BCUT2D eigenvalue weighted by Gasteiger charge is 2.14. The molecule has 0 unspecified atom stereocenters. The Bertz CT molecular complexity index is 234. The number of unbranched alkanes of at least 4 members (excludes halogenated alkanes) is 13. The van der Waals surface area contributed by atoms with Crippen LogP contribution in [0, 0.1) is 0 Å². The maximum Gasteiger partial charge on any atom is 0.157 e. The van der Waals surface area contributed by atoms with Crippen molar-refractivity contribution in [1.82, 2.24) is 0 Å². The molecule has 1 saturated heterocycles. The molecular formula is C20H38O2. The van der Waals surface area contributed by atoms with Gasteiger partial charge in [-0.2, -0.15) is 0 Å².